The normalized spacial score (nSPS) is 12.0. The van der Waals surface area contributed by atoms with Crippen LogP contribution >= 0.6 is 0 Å². The standard InChI is InChI=1S/C14H20N2O4/c1-4-12(14(18)19)16(2)9-13(17)15-10-5-7-11(20-3)8-6-10/h5-8,12H,4,9H2,1-3H3,(H,15,17)(H,18,19). The van der Waals surface area contributed by atoms with Gasteiger partial charge in [0, 0.05) is 5.69 Å². The van der Waals surface area contributed by atoms with Crippen molar-refractivity contribution < 1.29 is 19.4 Å². The molecular formula is C14H20N2O4. The van der Waals surface area contributed by atoms with E-state index in [2.05, 4.69) is 5.32 Å². The van der Waals surface area contributed by atoms with Crippen molar-refractivity contribution in [2.24, 2.45) is 0 Å². The van der Waals surface area contributed by atoms with E-state index in [1.54, 1.807) is 45.3 Å². The molecule has 0 radical (unpaired) electrons. The van der Waals surface area contributed by atoms with E-state index < -0.39 is 12.0 Å². The largest absolute Gasteiger partial charge is 0.497 e. The lowest BCUT2D eigenvalue weighted by Gasteiger charge is -2.22. The number of carboxylic acid groups (broad SMARTS) is 1. The second-order valence-electron chi connectivity index (χ2n) is 4.45. The molecule has 0 saturated heterocycles. The fourth-order valence-corrected chi connectivity index (χ4v) is 1.89. The van der Waals surface area contributed by atoms with Crippen LogP contribution in [-0.2, 0) is 9.59 Å². The first kappa shape index (κ1) is 16.0. The minimum Gasteiger partial charge on any atom is -0.497 e. The van der Waals surface area contributed by atoms with Gasteiger partial charge in [-0.3, -0.25) is 14.5 Å². The van der Waals surface area contributed by atoms with Crippen LogP contribution in [0.25, 0.3) is 0 Å². The predicted molar refractivity (Wildman–Crippen MR) is 76.0 cm³/mol. The maximum atomic E-state index is 11.8. The molecule has 0 spiro atoms. The summed E-state index contributed by atoms with van der Waals surface area (Å²) < 4.78 is 5.02. The quantitative estimate of drug-likeness (QED) is 0.790. The summed E-state index contributed by atoms with van der Waals surface area (Å²) in [6, 6.07) is 6.28. The summed E-state index contributed by atoms with van der Waals surface area (Å²) >= 11 is 0. The van der Waals surface area contributed by atoms with Crippen molar-refractivity contribution in [2.45, 2.75) is 19.4 Å². The average Bonchev–Trinajstić information content (AvgIpc) is 2.39. The molecule has 6 heteroatoms. The Labute approximate surface area is 118 Å². The highest BCUT2D eigenvalue weighted by Gasteiger charge is 2.22. The van der Waals surface area contributed by atoms with Crippen LogP contribution in [0.1, 0.15) is 13.3 Å². The molecule has 0 fully saturated rings. The van der Waals surface area contributed by atoms with Gasteiger partial charge in [0.25, 0.3) is 0 Å². The highest BCUT2D eigenvalue weighted by Crippen LogP contribution is 2.15. The number of carbonyl (C=O) groups excluding carboxylic acids is 1. The third-order valence-corrected chi connectivity index (χ3v) is 2.97. The number of ether oxygens (including phenoxy) is 1. The molecule has 1 aromatic rings. The summed E-state index contributed by atoms with van der Waals surface area (Å²) in [6.45, 7) is 1.80. The first-order valence-corrected chi connectivity index (χ1v) is 6.34. The van der Waals surface area contributed by atoms with E-state index >= 15 is 0 Å². The maximum Gasteiger partial charge on any atom is 0.320 e. The van der Waals surface area contributed by atoms with Gasteiger partial charge in [-0.1, -0.05) is 6.92 Å². The SMILES string of the molecule is CCC(C(=O)O)N(C)CC(=O)Nc1ccc(OC)cc1. The monoisotopic (exact) mass is 280 g/mol. The van der Waals surface area contributed by atoms with Crippen LogP contribution in [0.15, 0.2) is 24.3 Å². The molecule has 1 atom stereocenters. The van der Waals surface area contributed by atoms with Crippen molar-refractivity contribution in [3.05, 3.63) is 24.3 Å². The van der Waals surface area contributed by atoms with Crippen LogP contribution in [-0.4, -0.2) is 48.6 Å². The molecule has 1 amide bonds. The topological polar surface area (TPSA) is 78.9 Å². The average molecular weight is 280 g/mol. The van der Waals surface area contributed by atoms with E-state index in [9.17, 15) is 9.59 Å². The Hall–Kier alpha value is -2.08. The Kier molecular flexibility index (Phi) is 5.99. The maximum absolute atomic E-state index is 11.8. The Morgan fingerprint density at radius 1 is 1.35 bits per heavy atom. The second-order valence-corrected chi connectivity index (χ2v) is 4.45. The molecule has 0 aliphatic carbocycles. The lowest BCUT2D eigenvalue weighted by molar-refractivity contribution is -0.143. The molecule has 0 aliphatic heterocycles. The molecule has 0 saturated carbocycles. The van der Waals surface area contributed by atoms with Crippen LogP contribution in [0.3, 0.4) is 0 Å². The van der Waals surface area contributed by atoms with Crippen LogP contribution < -0.4 is 10.1 Å². The lowest BCUT2D eigenvalue weighted by Crippen LogP contribution is -2.42. The fourth-order valence-electron chi connectivity index (χ4n) is 1.89. The molecule has 6 nitrogen and oxygen atoms in total. The van der Waals surface area contributed by atoms with Gasteiger partial charge < -0.3 is 15.2 Å². The number of carboxylic acids is 1. The van der Waals surface area contributed by atoms with Crippen LogP contribution in [0.2, 0.25) is 0 Å². The highest BCUT2D eigenvalue weighted by atomic mass is 16.5. The summed E-state index contributed by atoms with van der Waals surface area (Å²) in [5, 5.41) is 11.7. The highest BCUT2D eigenvalue weighted by molar-refractivity contribution is 5.92. The van der Waals surface area contributed by atoms with E-state index in [0.717, 1.165) is 0 Å². The fraction of sp³-hybridized carbons (Fsp3) is 0.429. The molecule has 110 valence electrons. The van der Waals surface area contributed by atoms with Crippen molar-refractivity contribution in [1.82, 2.24) is 4.90 Å². The third kappa shape index (κ3) is 4.55. The lowest BCUT2D eigenvalue weighted by atomic mass is 10.2. The minimum absolute atomic E-state index is 0.0246. The van der Waals surface area contributed by atoms with Gasteiger partial charge in [0.05, 0.1) is 13.7 Å². The minimum atomic E-state index is -0.924. The molecule has 2 N–H and O–H groups in total. The summed E-state index contributed by atoms with van der Waals surface area (Å²) in [7, 11) is 3.19. The van der Waals surface area contributed by atoms with Crippen molar-refractivity contribution >= 4 is 17.6 Å². The zero-order chi connectivity index (χ0) is 15.1. The molecule has 20 heavy (non-hydrogen) atoms. The number of aliphatic carboxylic acids is 1. The number of hydrogen-bond donors (Lipinski definition) is 2. The van der Waals surface area contributed by atoms with Gasteiger partial charge in [-0.15, -0.1) is 0 Å². The number of likely N-dealkylation sites (N-methyl/N-ethyl adjacent to an activating group) is 1. The second kappa shape index (κ2) is 7.49. The molecule has 1 aromatic carbocycles. The van der Waals surface area contributed by atoms with Crippen molar-refractivity contribution in [2.75, 3.05) is 26.0 Å². The molecule has 0 aliphatic rings. The zero-order valence-electron chi connectivity index (χ0n) is 11.9. The number of anilines is 1. The molecular weight excluding hydrogens is 260 g/mol. The number of nitrogens with one attached hydrogen (secondary N) is 1. The van der Waals surface area contributed by atoms with Gasteiger partial charge >= 0.3 is 5.97 Å². The molecule has 0 heterocycles. The molecule has 0 aromatic heterocycles. The van der Waals surface area contributed by atoms with Gasteiger partial charge in [0.2, 0.25) is 5.91 Å². The van der Waals surface area contributed by atoms with E-state index in [4.69, 9.17) is 9.84 Å². The number of benzene rings is 1. The Morgan fingerprint density at radius 3 is 2.40 bits per heavy atom. The Morgan fingerprint density at radius 2 is 1.95 bits per heavy atom. The van der Waals surface area contributed by atoms with Crippen molar-refractivity contribution in [3.8, 4) is 5.75 Å². The van der Waals surface area contributed by atoms with Gasteiger partial charge in [-0.2, -0.15) is 0 Å². The number of methoxy groups -OCH3 is 1. The van der Waals surface area contributed by atoms with Crippen molar-refractivity contribution in [3.63, 3.8) is 0 Å². The summed E-state index contributed by atoms with van der Waals surface area (Å²) in [5.41, 5.74) is 0.646. The van der Waals surface area contributed by atoms with E-state index in [0.29, 0.717) is 17.9 Å². The first-order chi connectivity index (χ1) is 9.47. The van der Waals surface area contributed by atoms with E-state index in [1.807, 2.05) is 0 Å². The van der Waals surface area contributed by atoms with E-state index in [-0.39, 0.29) is 12.5 Å². The number of carbonyl (C=O) groups is 2. The number of rotatable bonds is 7. The number of hydrogen-bond acceptors (Lipinski definition) is 4. The molecule has 1 rings (SSSR count). The summed E-state index contributed by atoms with van der Waals surface area (Å²) in [5.74, 6) is -0.471. The first-order valence-electron chi connectivity index (χ1n) is 6.34. The smallest absolute Gasteiger partial charge is 0.320 e. The van der Waals surface area contributed by atoms with Crippen LogP contribution in [0.5, 0.6) is 5.75 Å². The molecule has 1 unspecified atom stereocenters. The van der Waals surface area contributed by atoms with Gasteiger partial charge in [0.1, 0.15) is 11.8 Å². The number of amides is 1. The predicted octanol–water partition coefficient (Wildman–Crippen LogP) is 1.43. The van der Waals surface area contributed by atoms with Crippen molar-refractivity contribution in [1.29, 1.82) is 0 Å². The Bertz CT molecular complexity index is 459. The van der Waals surface area contributed by atoms with E-state index in [1.165, 1.54) is 4.90 Å². The zero-order valence-corrected chi connectivity index (χ0v) is 11.9. The van der Waals surface area contributed by atoms with Crippen LogP contribution in [0.4, 0.5) is 5.69 Å². The van der Waals surface area contributed by atoms with Gasteiger partial charge in [-0.25, -0.2) is 0 Å². The van der Waals surface area contributed by atoms with Crippen LogP contribution in [0, 0.1) is 0 Å². The third-order valence-electron chi connectivity index (χ3n) is 2.97. The molecule has 0 bridgehead atoms. The number of nitrogens with zero attached hydrogens (tertiary/aromatic N) is 1. The van der Waals surface area contributed by atoms with Gasteiger partial charge in [-0.05, 0) is 37.7 Å². The summed E-state index contributed by atoms with van der Waals surface area (Å²) in [6.07, 6.45) is 0.446. The Balaban J connectivity index is 2.56. The summed E-state index contributed by atoms with van der Waals surface area (Å²) in [4.78, 5) is 24.4. The van der Waals surface area contributed by atoms with Gasteiger partial charge in [0.15, 0.2) is 0 Å².